The lowest BCUT2D eigenvalue weighted by Gasteiger charge is -2.06. The molecule has 0 spiro atoms. The summed E-state index contributed by atoms with van der Waals surface area (Å²) in [6, 6.07) is 19.3. The Labute approximate surface area is 129 Å². The molecule has 0 aliphatic carbocycles. The highest BCUT2D eigenvalue weighted by atomic mass is 16.2. The lowest BCUT2D eigenvalue weighted by molar-refractivity contribution is 0.247. The van der Waals surface area contributed by atoms with Gasteiger partial charge in [-0.05, 0) is 6.92 Å². The quantitative estimate of drug-likeness (QED) is 0.510. The minimum Gasteiger partial charge on any atom is -0.341 e. The highest BCUT2D eigenvalue weighted by molar-refractivity contribution is 6.13. The fraction of sp³-hybridized carbons (Fsp3) is 0.118. The summed E-state index contributed by atoms with van der Waals surface area (Å²) in [4.78, 5) is 11.3. The van der Waals surface area contributed by atoms with E-state index in [-0.39, 0.29) is 6.03 Å². The van der Waals surface area contributed by atoms with Gasteiger partial charge in [-0.1, -0.05) is 60.7 Å². The van der Waals surface area contributed by atoms with Crippen LogP contribution in [0.3, 0.4) is 0 Å². The molecular weight excluding hydrogens is 276 g/mol. The topological polar surface area (TPSA) is 65.8 Å². The normalized spacial score (nSPS) is 10.7. The van der Waals surface area contributed by atoms with E-state index in [0.717, 1.165) is 16.8 Å². The SMILES string of the molecule is CNC(=O)N/C(C)=N/N=C(c1ccccc1)c1ccccc1. The van der Waals surface area contributed by atoms with E-state index in [1.165, 1.54) is 0 Å². The molecule has 2 aromatic rings. The summed E-state index contributed by atoms with van der Waals surface area (Å²) in [6.45, 7) is 1.69. The van der Waals surface area contributed by atoms with Crippen LogP contribution in [0.25, 0.3) is 0 Å². The Hall–Kier alpha value is -2.95. The van der Waals surface area contributed by atoms with E-state index < -0.39 is 0 Å². The molecular formula is C17H18N4O. The van der Waals surface area contributed by atoms with Gasteiger partial charge in [-0.3, -0.25) is 5.32 Å². The number of hydrogen-bond donors (Lipinski definition) is 2. The second-order valence-electron chi connectivity index (χ2n) is 4.57. The number of amides is 2. The third-order valence-corrected chi connectivity index (χ3v) is 2.92. The molecule has 22 heavy (non-hydrogen) atoms. The Kier molecular flexibility index (Phi) is 5.43. The molecule has 112 valence electrons. The standard InChI is InChI=1S/C17H18N4O/c1-13(19-17(22)18-2)20-21-16(14-9-5-3-6-10-14)15-11-7-4-8-12-15/h3-12H,1-2H3,(H2,18,19,20,22). The zero-order valence-electron chi connectivity index (χ0n) is 12.6. The highest BCUT2D eigenvalue weighted by Gasteiger charge is 2.06. The zero-order chi connectivity index (χ0) is 15.8. The van der Waals surface area contributed by atoms with Crippen molar-refractivity contribution in [2.75, 3.05) is 7.05 Å². The van der Waals surface area contributed by atoms with Crippen LogP contribution in [-0.4, -0.2) is 24.6 Å². The number of carbonyl (C=O) groups is 1. The summed E-state index contributed by atoms with van der Waals surface area (Å²) in [5.74, 6) is 0.420. The minimum absolute atomic E-state index is 0.322. The van der Waals surface area contributed by atoms with Crippen molar-refractivity contribution in [3.63, 3.8) is 0 Å². The van der Waals surface area contributed by atoms with Gasteiger partial charge < -0.3 is 5.32 Å². The van der Waals surface area contributed by atoms with Gasteiger partial charge in [-0.2, -0.15) is 0 Å². The third-order valence-electron chi connectivity index (χ3n) is 2.92. The Balaban J connectivity index is 2.35. The predicted octanol–water partition coefficient (Wildman–Crippen LogP) is 2.79. The lowest BCUT2D eigenvalue weighted by atomic mass is 10.0. The van der Waals surface area contributed by atoms with Crippen LogP contribution in [0.5, 0.6) is 0 Å². The van der Waals surface area contributed by atoms with Crippen molar-refractivity contribution in [2.24, 2.45) is 10.2 Å². The molecule has 2 rings (SSSR count). The van der Waals surface area contributed by atoms with Gasteiger partial charge in [-0.25, -0.2) is 4.79 Å². The maximum absolute atomic E-state index is 11.3. The molecule has 0 aliphatic heterocycles. The number of benzene rings is 2. The molecule has 0 saturated carbocycles. The van der Waals surface area contributed by atoms with Gasteiger partial charge in [0.2, 0.25) is 0 Å². The van der Waals surface area contributed by atoms with Gasteiger partial charge in [0, 0.05) is 18.2 Å². The second-order valence-corrected chi connectivity index (χ2v) is 4.57. The first-order chi connectivity index (χ1) is 10.7. The summed E-state index contributed by atoms with van der Waals surface area (Å²) >= 11 is 0. The number of nitrogens with one attached hydrogen (secondary N) is 2. The Morgan fingerprint density at radius 3 is 1.82 bits per heavy atom. The molecule has 5 nitrogen and oxygen atoms in total. The predicted molar refractivity (Wildman–Crippen MR) is 89.2 cm³/mol. The maximum atomic E-state index is 11.3. The number of carbonyl (C=O) groups excluding carboxylic acids is 1. The van der Waals surface area contributed by atoms with Crippen molar-refractivity contribution in [3.05, 3.63) is 71.8 Å². The van der Waals surface area contributed by atoms with Crippen LogP contribution in [0.1, 0.15) is 18.1 Å². The van der Waals surface area contributed by atoms with Crippen LogP contribution in [0, 0.1) is 0 Å². The molecule has 0 atom stereocenters. The van der Waals surface area contributed by atoms with E-state index in [9.17, 15) is 4.79 Å². The van der Waals surface area contributed by atoms with Crippen molar-refractivity contribution < 1.29 is 4.79 Å². The first-order valence-electron chi connectivity index (χ1n) is 6.92. The number of urea groups is 1. The van der Waals surface area contributed by atoms with Crippen molar-refractivity contribution in [1.82, 2.24) is 10.6 Å². The Bertz CT molecular complexity index is 637. The maximum Gasteiger partial charge on any atom is 0.319 e. The second kappa shape index (κ2) is 7.73. The zero-order valence-corrected chi connectivity index (χ0v) is 12.6. The van der Waals surface area contributed by atoms with Gasteiger partial charge in [0.1, 0.15) is 11.5 Å². The number of nitrogens with zero attached hydrogens (tertiary/aromatic N) is 2. The molecule has 0 unspecified atom stereocenters. The fourth-order valence-corrected chi connectivity index (χ4v) is 1.85. The van der Waals surface area contributed by atoms with Crippen LogP contribution in [0.15, 0.2) is 70.9 Å². The summed E-state index contributed by atoms with van der Waals surface area (Å²) in [5.41, 5.74) is 2.68. The van der Waals surface area contributed by atoms with Crippen molar-refractivity contribution in [2.45, 2.75) is 6.92 Å². The van der Waals surface area contributed by atoms with Gasteiger partial charge in [0.05, 0.1) is 0 Å². The first-order valence-corrected chi connectivity index (χ1v) is 6.92. The average molecular weight is 294 g/mol. The molecule has 0 saturated heterocycles. The third kappa shape index (κ3) is 4.28. The van der Waals surface area contributed by atoms with Crippen molar-refractivity contribution in [3.8, 4) is 0 Å². The number of hydrogen-bond acceptors (Lipinski definition) is 3. The molecule has 5 heteroatoms. The lowest BCUT2D eigenvalue weighted by Crippen LogP contribution is -2.35. The highest BCUT2D eigenvalue weighted by Crippen LogP contribution is 2.11. The number of rotatable bonds is 3. The molecule has 0 heterocycles. The van der Waals surface area contributed by atoms with Crippen LogP contribution >= 0.6 is 0 Å². The van der Waals surface area contributed by atoms with E-state index in [2.05, 4.69) is 20.8 Å². The molecule has 0 fully saturated rings. The van der Waals surface area contributed by atoms with Gasteiger partial charge in [0.25, 0.3) is 0 Å². The van der Waals surface area contributed by atoms with Crippen LogP contribution < -0.4 is 10.6 Å². The van der Waals surface area contributed by atoms with Gasteiger partial charge >= 0.3 is 6.03 Å². The molecule has 2 aromatic carbocycles. The Morgan fingerprint density at radius 1 is 0.864 bits per heavy atom. The minimum atomic E-state index is -0.322. The van der Waals surface area contributed by atoms with E-state index in [4.69, 9.17) is 0 Å². The summed E-state index contributed by atoms with van der Waals surface area (Å²) < 4.78 is 0. The van der Waals surface area contributed by atoms with E-state index >= 15 is 0 Å². The summed E-state index contributed by atoms with van der Waals surface area (Å²) in [7, 11) is 1.55. The van der Waals surface area contributed by atoms with Crippen LogP contribution in [-0.2, 0) is 0 Å². The smallest absolute Gasteiger partial charge is 0.319 e. The largest absolute Gasteiger partial charge is 0.341 e. The molecule has 0 aliphatic rings. The molecule has 0 aromatic heterocycles. The summed E-state index contributed by atoms with van der Waals surface area (Å²) in [6.07, 6.45) is 0. The molecule has 2 N–H and O–H groups in total. The molecule has 0 radical (unpaired) electrons. The van der Waals surface area contributed by atoms with Gasteiger partial charge in [0.15, 0.2) is 0 Å². The van der Waals surface area contributed by atoms with Crippen molar-refractivity contribution in [1.29, 1.82) is 0 Å². The van der Waals surface area contributed by atoms with E-state index in [1.54, 1.807) is 14.0 Å². The number of amidine groups is 1. The van der Waals surface area contributed by atoms with E-state index in [0.29, 0.717) is 5.84 Å². The van der Waals surface area contributed by atoms with E-state index in [1.807, 2.05) is 60.7 Å². The summed E-state index contributed by atoms with van der Waals surface area (Å²) in [5, 5.41) is 13.5. The fourth-order valence-electron chi connectivity index (χ4n) is 1.85. The molecule has 0 bridgehead atoms. The Morgan fingerprint density at radius 2 is 1.36 bits per heavy atom. The van der Waals surface area contributed by atoms with Crippen LogP contribution in [0.4, 0.5) is 4.79 Å². The average Bonchev–Trinajstić information content (AvgIpc) is 2.57. The van der Waals surface area contributed by atoms with Crippen molar-refractivity contribution >= 4 is 17.6 Å². The van der Waals surface area contributed by atoms with Gasteiger partial charge in [-0.15, -0.1) is 10.2 Å². The molecule has 2 amide bonds. The monoisotopic (exact) mass is 294 g/mol. The van der Waals surface area contributed by atoms with Crippen LogP contribution in [0.2, 0.25) is 0 Å². The first kappa shape index (κ1) is 15.4.